The van der Waals surface area contributed by atoms with Gasteiger partial charge in [-0.3, -0.25) is 4.79 Å². The molecule has 3 aromatic carbocycles. The number of nitrogens with one attached hydrogen (secondary N) is 2. The van der Waals surface area contributed by atoms with E-state index in [4.69, 9.17) is 0 Å². The van der Waals surface area contributed by atoms with Crippen LogP contribution in [0, 0.1) is 11.6 Å². The van der Waals surface area contributed by atoms with E-state index in [9.17, 15) is 13.6 Å². The lowest BCUT2D eigenvalue weighted by molar-refractivity contribution is -0.114. The second-order valence-electron chi connectivity index (χ2n) is 6.23. The van der Waals surface area contributed by atoms with Crippen LogP contribution in [0.25, 0.3) is 11.1 Å². The van der Waals surface area contributed by atoms with Gasteiger partial charge in [-0.05, 0) is 52.9 Å². The molecule has 0 fully saturated rings. The van der Waals surface area contributed by atoms with E-state index in [1.807, 2.05) is 30.3 Å². The second-order valence-corrected chi connectivity index (χ2v) is 6.23. The SMILES string of the molecule is O=C(CNc1ccc2c(c1)Cc1ccccc1-2)Nc1cc(F)ccc1F. The molecule has 2 N–H and O–H groups in total. The molecule has 0 spiro atoms. The molecule has 5 heteroatoms. The fourth-order valence-electron chi connectivity index (χ4n) is 3.23. The van der Waals surface area contributed by atoms with Crippen molar-refractivity contribution in [2.45, 2.75) is 6.42 Å². The standard InChI is InChI=1S/C21H16F2N2O/c22-15-5-8-19(23)20(11-15)25-21(26)12-24-16-6-7-18-14(10-16)9-13-3-1-2-4-17(13)18/h1-8,10-11,24H,9,12H2,(H,25,26). The molecule has 0 unspecified atom stereocenters. The van der Waals surface area contributed by atoms with Crippen molar-refractivity contribution < 1.29 is 13.6 Å². The lowest BCUT2D eigenvalue weighted by Crippen LogP contribution is -2.22. The van der Waals surface area contributed by atoms with Crippen molar-refractivity contribution in [2.24, 2.45) is 0 Å². The smallest absolute Gasteiger partial charge is 0.243 e. The zero-order chi connectivity index (χ0) is 18.1. The van der Waals surface area contributed by atoms with Crippen molar-refractivity contribution in [3.05, 3.63) is 83.4 Å². The Balaban J connectivity index is 1.42. The number of amides is 1. The maximum Gasteiger partial charge on any atom is 0.243 e. The highest BCUT2D eigenvalue weighted by atomic mass is 19.1. The summed E-state index contributed by atoms with van der Waals surface area (Å²) in [6.45, 7) is -0.0400. The topological polar surface area (TPSA) is 41.1 Å². The summed E-state index contributed by atoms with van der Waals surface area (Å²) in [6.07, 6.45) is 0.863. The molecule has 0 atom stereocenters. The number of hydrogen-bond donors (Lipinski definition) is 2. The van der Waals surface area contributed by atoms with E-state index in [-0.39, 0.29) is 12.2 Å². The zero-order valence-electron chi connectivity index (χ0n) is 13.9. The van der Waals surface area contributed by atoms with Crippen LogP contribution in [0.1, 0.15) is 11.1 Å². The first-order valence-corrected chi connectivity index (χ1v) is 8.30. The predicted molar refractivity (Wildman–Crippen MR) is 98.2 cm³/mol. The van der Waals surface area contributed by atoms with Crippen molar-refractivity contribution in [3.63, 3.8) is 0 Å². The van der Waals surface area contributed by atoms with E-state index in [2.05, 4.69) is 22.8 Å². The summed E-state index contributed by atoms with van der Waals surface area (Å²) in [4.78, 5) is 12.0. The number of carbonyl (C=O) groups excluding carboxylic acids is 1. The number of rotatable bonds is 4. The first kappa shape index (κ1) is 16.3. The van der Waals surface area contributed by atoms with Crippen molar-refractivity contribution >= 4 is 17.3 Å². The van der Waals surface area contributed by atoms with Gasteiger partial charge in [-0.2, -0.15) is 0 Å². The number of halogens is 2. The molecule has 0 saturated heterocycles. The lowest BCUT2D eigenvalue weighted by atomic mass is 10.1. The van der Waals surface area contributed by atoms with Gasteiger partial charge < -0.3 is 10.6 Å². The highest BCUT2D eigenvalue weighted by Gasteiger charge is 2.18. The maximum atomic E-state index is 13.6. The molecular weight excluding hydrogens is 334 g/mol. The molecule has 3 nitrogen and oxygen atoms in total. The molecule has 130 valence electrons. The third-order valence-electron chi connectivity index (χ3n) is 4.45. The van der Waals surface area contributed by atoms with E-state index in [1.165, 1.54) is 22.3 Å². The summed E-state index contributed by atoms with van der Waals surface area (Å²) in [5.41, 5.74) is 5.59. The van der Waals surface area contributed by atoms with Gasteiger partial charge in [-0.25, -0.2) is 8.78 Å². The second kappa shape index (κ2) is 6.59. The molecule has 1 aliphatic carbocycles. The zero-order valence-corrected chi connectivity index (χ0v) is 13.9. The van der Waals surface area contributed by atoms with E-state index >= 15 is 0 Å². The highest BCUT2D eigenvalue weighted by Crippen LogP contribution is 2.37. The van der Waals surface area contributed by atoms with Gasteiger partial charge in [0.2, 0.25) is 5.91 Å². The molecular formula is C21H16F2N2O. The van der Waals surface area contributed by atoms with Gasteiger partial charge in [0.1, 0.15) is 11.6 Å². The third-order valence-corrected chi connectivity index (χ3v) is 4.45. The van der Waals surface area contributed by atoms with Crippen LogP contribution in [0.5, 0.6) is 0 Å². The van der Waals surface area contributed by atoms with Crippen molar-refractivity contribution in [2.75, 3.05) is 17.2 Å². The van der Waals surface area contributed by atoms with E-state index in [1.54, 1.807) is 0 Å². The van der Waals surface area contributed by atoms with Crippen LogP contribution in [0.2, 0.25) is 0 Å². The van der Waals surface area contributed by atoms with E-state index in [0.29, 0.717) is 0 Å². The normalized spacial score (nSPS) is 11.6. The van der Waals surface area contributed by atoms with Crippen LogP contribution in [0.15, 0.2) is 60.7 Å². The van der Waals surface area contributed by atoms with Gasteiger partial charge >= 0.3 is 0 Å². The molecule has 1 aliphatic rings. The highest BCUT2D eigenvalue weighted by molar-refractivity contribution is 5.94. The molecule has 26 heavy (non-hydrogen) atoms. The Morgan fingerprint density at radius 1 is 0.923 bits per heavy atom. The molecule has 0 bridgehead atoms. The Bertz CT molecular complexity index is 1000. The monoisotopic (exact) mass is 350 g/mol. The van der Waals surface area contributed by atoms with Crippen molar-refractivity contribution in [3.8, 4) is 11.1 Å². The largest absolute Gasteiger partial charge is 0.376 e. The van der Waals surface area contributed by atoms with Crippen molar-refractivity contribution in [1.82, 2.24) is 0 Å². The van der Waals surface area contributed by atoms with Gasteiger partial charge in [0.05, 0.1) is 12.2 Å². The average molecular weight is 350 g/mol. The number of fused-ring (bicyclic) bond motifs is 3. The first-order valence-electron chi connectivity index (χ1n) is 8.30. The molecule has 4 rings (SSSR count). The van der Waals surface area contributed by atoms with Gasteiger partial charge in [0, 0.05) is 11.8 Å². The third kappa shape index (κ3) is 3.16. The number of benzene rings is 3. The molecule has 1 amide bonds. The summed E-state index contributed by atoms with van der Waals surface area (Å²) in [6, 6.07) is 17.2. The number of anilines is 2. The van der Waals surface area contributed by atoms with Gasteiger partial charge in [-0.1, -0.05) is 30.3 Å². The summed E-state index contributed by atoms with van der Waals surface area (Å²) in [7, 11) is 0. The lowest BCUT2D eigenvalue weighted by Gasteiger charge is -2.10. The maximum absolute atomic E-state index is 13.6. The quantitative estimate of drug-likeness (QED) is 0.565. The Morgan fingerprint density at radius 2 is 1.73 bits per heavy atom. The minimum Gasteiger partial charge on any atom is -0.376 e. The molecule has 0 saturated carbocycles. The van der Waals surface area contributed by atoms with E-state index < -0.39 is 17.5 Å². The van der Waals surface area contributed by atoms with E-state index in [0.717, 1.165) is 30.3 Å². The summed E-state index contributed by atoms with van der Waals surface area (Å²) >= 11 is 0. The van der Waals surface area contributed by atoms with Crippen LogP contribution in [0.4, 0.5) is 20.2 Å². The minimum absolute atomic E-state index is 0.0400. The fraction of sp³-hybridized carbons (Fsp3) is 0.0952. The number of hydrogen-bond acceptors (Lipinski definition) is 2. The summed E-state index contributed by atoms with van der Waals surface area (Å²) in [5, 5.41) is 5.40. The molecule has 0 radical (unpaired) electrons. The summed E-state index contributed by atoms with van der Waals surface area (Å²) in [5.74, 6) is -1.72. The minimum atomic E-state index is -0.671. The Morgan fingerprint density at radius 3 is 2.62 bits per heavy atom. The van der Waals surface area contributed by atoms with Crippen molar-refractivity contribution in [1.29, 1.82) is 0 Å². The van der Waals surface area contributed by atoms with Crippen LogP contribution < -0.4 is 10.6 Å². The average Bonchev–Trinajstić information content (AvgIpc) is 3.01. The van der Waals surface area contributed by atoms with Gasteiger partial charge in [0.15, 0.2) is 0 Å². The summed E-state index contributed by atoms with van der Waals surface area (Å²) < 4.78 is 26.7. The molecule has 3 aromatic rings. The molecule has 0 aliphatic heterocycles. The van der Waals surface area contributed by atoms with Gasteiger partial charge in [-0.15, -0.1) is 0 Å². The molecule has 0 heterocycles. The number of carbonyl (C=O) groups is 1. The fourth-order valence-corrected chi connectivity index (χ4v) is 3.23. The van der Waals surface area contributed by atoms with Crippen LogP contribution in [-0.2, 0) is 11.2 Å². The Kier molecular flexibility index (Phi) is 4.13. The van der Waals surface area contributed by atoms with Crippen LogP contribution in [-0.4, -0.2) is 12.5 Å². The Labute approximate surface area is 149 Å². The van der Waals surface area contributed by atoms with Gasteiger partial charge in [0.25, 0.3) is 0 Å². The predicted octanol–water partition coefficient (Wildman–Crippen LogP) is 4.59. The first-order chi connectivity index (χ1) is 12.6. The Hall–Kier alpha value is -3.21. The molecule has 0 aromatic heterocycles. The van der Waals surface area contributed by atoms with Crippen LogP contribution >= 0.6 is 0 Å². The van der Waals surface area contributed by atoms with Crippen LogP contribution in [0.3, 0.4) is 0 Å².